The zero-order valence-electron chi connectivity index (χ0n) is 10.9. The van der Waals surface area contributed by atoms with Crippen LogP contribution in [0.2, 0.25) is 0 Å². The molecule has 1 aliphatic carbocycles. The summed E-state index contributed by atoms with van der Waals surface area (Å²) in [7, 11) is 0. The molecule has 3 aliphatic rings. The lowest BCUT2D eigenvalue weighted by Crippen LogP contribution is -2.41. The molecule has 2 aliphatic heterocycles. The van der Waals surface area contributed by atoms with Crippen LogP contribution in [0.5, 0.6) is 0 Å². The van der Waals surface area contributed by atoms with Gasteiger partial charge in [-0.1, -0.05) is 12.2 Å². The largest absolute Gasteiger partial charge is 0.379 e. The molecule has 0 aromatic carbocycles. The third kappa shape index (κ3) is 3.12. The van der Waals surface area contributed by atoms with Crippen LogP contribution in [0, 0.1) is 5.92 Å². The molecule has 4 heteroatoms. The number of allylic oxidation sites excluding steroid dienone is 2. The van der Waals surface area contributed by atoms with Crippen LogP contribution in [0.3, 0.4) is 0 Å². The highest BCUT2D eigenvalue weighted by molar-refractivity contribution is 4.92. The van der Waals surface area contributed by atoms with Gasteiger partial charge in [0.2, 0.25) is 0 Å². The summed E-state index contributed by atoms with van der Waals surface area (Å²) in [6, 6.07) is 0. The number of morpholine rings is 1. The summed E-state index contributed by atoms with van der Waals surface area (Å²) in [5.41, 5.74) is 0. The van der Waals surface area contributed by atoms with E-state index >= 15 is 0 Å². The molecule has 0 bridgehead atoms. The Morgan fingerprint density at radius 3 is 2.83 bits per heavy atom. The summed E-state index contributed by atoms with van der Waals surface area (Å²) in [6.45, 7) is 5.49. The zero-order chi connectivity index (χ0) is 12.2. The van der Waals surface area contributed by atoms with Crippen molar-refractivity contribution in [1.29, 1.82) is 0 Å². The van der Waals surface area contributed by atoms with E-state index in [4.69, 9.17) is 14.2 Å². The number of hydrogen-bond acceptors (Lipinski definition) is 4. The van der Waals surface area contributed by atoms with E-state index in [9.17, 15) is 0 Å². The molecule has 3 rings (SSSR count). The minimum Gasteiger partial charge on any atom is -0.379 e. The summed E-state index contributed by atoms with van der Waals surface area (Å²) in [5.74, 6) is 0.560. The number of hydrogen-bond donors (Lipinski definition) is 0. The summed E-state index contributed by atoms with van der Waals surface area (Å²) in [4.78, 5) is 2.42. The lowest BCUT2D eigenvalue weighted by Gasteiger charge is -2.29. The van der Waals surface area contributed by atoms with Gasteiger partial charge in [0.25, 0.3) is 0 Å². The lowest BCUT2D eigenvalue weighted by molar-refractivity contribution is -0.103. The Morgan fingerprint density at radius 2 is 2.06 bits per heavy atom. The van der Waals surface area contributed by atoms with Gasteiger partial charge in [-0.15, -0.1) is 0 Å². The number of rotatable bonds is 3. The first-order valence-corrected chi connectivity index (χ1v) is 7.14. The van der Waals surface area contributed by atoms with Crippen molar-refractivity contribution < 1.29 is 14.2 Å². The van der Waals surface area contributed by atoms with E-state index in [2.05, 4.69) is 17.1 Å². The highest BCUT2D eigenvalue weighted by Crippen LogP contribution is 2.28. The highest BCUT2D eigenvalue weighted by Gasteiger charge is 2.33. The molecule has 4 nitrogen and oxygen atoms in total. The van der Waals surface area contributed by atoms with Crippen molar-refractivity contribution in [2.24, 2.45) is 5.92 Å². The van der Waals surface area contributed by atoms with Gasteiger partial charge in [0.05, 0.1) is 25.9 Å². The molecule has 0 amide bonds. The standard InChI is InChI=1S/C14H23NO3/c1-2-4-12(5-3-1)14-17-11-13(18-14)10-15-6-8-16-9-7-15/h1-2,12-14H,3-11H2/t12-,13+,14+/m0/s1. The minimum atomic E-state index is 0.0287. The van der Waals surface area contributed by atoms with Gasteiger partial charge in [-0.3, -0.25) is 4.90 Å². The molecule has 3 atom stereocenters. The average molecular weight is 253 g/mol. The Kier molecular flexibility index (Phi) is 4.31. The van der Waals surface area contributed by atoms with Gasteiger partial charge < -0.3 is 14.2 Å². The molecule has 0 aromatic rings. The van der Waals surface area contributed by atoms with Crippen molar-refractivity contribution in [3.05, 3.63) is 12.2 Å². The second-order valence-corrected chi connectivity index (χ2v) is 5.42. The van der Waals surface area contributed by atoms with Crippen LogP contribution in [0.25, 0.3) is 0 Å². The van der Waals surface area contributed by atoms with Crippen LogP contribution in [0.15, 0.2) is 12.2 Å². The van der Waals surface area contributed by atoms with Gasteiger partial charge in [-0.2, -0.15) is 0 Å². The Labute approximate surface area is 109 Å². The van der Waals surface area contributed by atoms with Crippen LogP contribution in [0.4, 0.5) is 0 Å². The Bertz CT molecular complexity index is 289. The van der Waals surface area contributed by atoms with E-state index in [1.165, 1.54) is 12.8 Å². The number of nitrogens with zero attached hydrogens (tertiary/aromatic N) is 1. The van der Waals surface area contributed by atoms with Crippen LogP contribution < -0.4 is 0 Å². The van der Waals surface area contributed by atoms with Gasteiger partial charge in [0.15, 0.2) is 6.29 Å². The van der Waals surface area contributed by atoms with Crippen LogP contribution >= 0.6 is 0 Å². The molecule has 0 aromatic heterocycles. The van der Waals surface area contributed by atoms with E-state index in [1.54, 1.807) is 0 Å². The molecule has 2 fully saturated rings. The number of ether oxygens (including phenoxy) is 3. The fraction of sp³-hybridized carbons (Fsp3) is 0.857. The van der Waals surface area contributed by atoms with Crippen molar-refractivity contribution in [1.82, 2.24) is 4.90 Å². The lowest BCUT2D eigenvalue weighted by atomic mass is 9.94. The molecule has 0 saturated carbocycles. The third-order valence-electron chi connectivity index (χ3n) is 4.03. The second kappa shape index (κ2) is 6.15. The molecule has 0 radical (unpaired) electrons. The fourth-order valence-corrected chi connectivity index (χ4v) is 2.95. The van der Waals surface area contributed by atoms with E-state index < -0.39 is 0 Å². The highest BCUT2D eigenvalue weighted by atomic mass is 16.7. The Balaban J connectivity index is 1.44. The summed E-state index contributed by atoms with van der Waals surface area (Å²) in [5, 5.41) is 0. The zero-order valence-corrected chi connectivity index (χ0v) is 10.9. The smallest absolute Gasteiger partial charge is 0.161 e. The third-order valence-corrected chi connectivity index (χ3v) is 4.03. The predicted octanol–water partition coefficient (Wildman–Crippen LogP) is 1.42. The van der Waals surface area contributed by atoms with E-state index in [0.717, 1.165) is 45.9 Å². The van der Waals surface area contributed by atoms with Crippen LogP contribution in [0.1, 0.15) is 19.3 Å². The Morgan fingerprint density at radius 1 is 1.17 bits per heavy atom. The first-order valence-electron chi connectivity index (χ1n) is 7.14. The van der Waals surface area contributed by atoms with E-state index in [0.29, 0.717) is 5.92 Å². The predicted molar refractivity (Wildman–Crippen MR) is 68.4 cm³/mol. The molecule has 0 spiro atoms. The van der Waals surface area contributed by atoms with Crippen LogP contribution in [-0.4, -0.2) is 56.7 Å². The SMILES string of the molecule is C1=CC[C@H]([C@@H]2OC[C@@H](CN3CCOCC3)O2)CC1. The van der Waals surface area contributed by atoms with E-state index in [1.807, 2.05) is 0 Å². The Hall–Kier alpha value is -0.420. The van der Waals surface area contributed by atoms with Crippen molar-refractivity contribution in [3.63, 3.8) is 0 Å². The normalized spacial score (nSPS) is 38.1. The average Bonchev–Trinajstić information content (AvgIpc) is 2.89. The molecule has 2 saturated heterocycles. The van der Waals surface area contributed by atoms with Gasteiger partial charge >= 0.3 is 0 Å². The summed E-state index contributed by atoms with van der Waals surface area (Å²) >= 11 is 0. The van der Waals surface area contributed by atoms with Gasteiger partial charge in [-0.05, 0) is 19.3 Å². The van der Waals surface area contributed by atoms with Crippen LogP contribution in [-0.2, 0) is 14.2 Å². The van der Waals surface area contributed by atoms with E-state index in [-0.39, 0.29) is 12.4 Å². The molecule has 2 heterocycles. The maximum Gasteiger partial charge on any atom is 0.161 e. The molecule has 0 N–H and O–H groups in total. The van der Waals surface area contributed by atoms with Gasteiger partial charge in [0, 0.05) is 25.6 Å². The molecular weight excluding hydrogens is 230 g/mol. The molecule has 0 unspecified atom stereocenters. The fourth-order valence-electron chi connectivity index (χ4n) is 2.95. The quantitative estimate of drug-likeness (QED) is 0.712. The van der Waals surface area contributed by atoms with Gasteiger partial charge in [-0.25, -0.2) is 0 Å². The van der Waals surface area contributed by atoms with Crippen molar-refractivity contribution in [3.8, 4) is 0 Å². The molecular formula is C14H23NO3. The maximum atomic E-state index is 6.07. The topological polar surface area (TPSA) is 30.9 Å². The molecule has 18 heavy (non-hydrogen) atoms. The summed E-state index contributed by atoms with van der Waals surface area (Å²) < 4.78 is 17.3. The summed E-state index contributed by atoms with van der Waals surface area (Å²) in [6.07, 6.45) is 8.27. The molecule has 102 valence electrons. The van der Waals surface area contributed by atoms with Crippen molar-refractivity contribution in [2.75, 3.05) is 39.5 Å². The monoisotopic (exact) mass is 253 g/mol. The first-order chi connectivity index (χ1) is 8.92. The maximum absolute atomic E-state index is 6.07. The van der Waals surface area contributed by atoms with Crippen molar-refractivity contribution >= 4 is 0 Å². The first kappa shape index (κ1) is 12.6. The minimum absolute atomic E-state index is 0.0287. The second-order valence-electron chi connectivity index (χ2n) is 5.42. The van der Waals surface area contributed by atoms with Gasteiger partial charge in [0.1, 0.15) is 0 Å². The van der Waals surface area contributed by atoms with Crippen molar-refractivity contribution in [2.45, 2.75) is 31.7 Å².